The Morgan fingerprint density at radius 3 is 2.32 bits per heavy atom. The van der Waals surface area contributed by atoms with Crippen molar-refractivity contribution < 1.29 is 0 Å². The molecule has 0 radical (unpaired) electrons. The minimum atomic E-state index is 0.275. The molecule has 0 saturated heterocycles. The van der Waals surface area contributed by atoms with Gasteiger partial charge in [-0.25, -0.2) is 4.98 Å². The SMILES string of the molecule is C1=CC2Sc3ccccc3N(c3cccc(-c4ccc5sc6c(ccc7c(-c8ccccc8)nc8ccccc8c76)c5c4)c3)C2C=C1. The number of hydrogen-bond donors (Lipinski definition) is 0. The topological polar surface area (TPSA) is 16.1 Å². The summed E-state index contributed by atoms with van der Waals surface area (Å²) in [6.07, 6.45) is 9.05. The molecule has 0 spiro atoms. The summed E-state index contributed by atoms with van der Waals surface area (Å²) in [5.41, 5.74) is 8.18. The first-order valence-corrected chi connectivity index (χ1v) is 17.7. The van der Waals surface area contributed by atoms with E-state index in [0.29, 0.717) is 5.25 Å². The number of benzene rings is 6. The van der Waals surface area contributed by atoms with Crippen molar-refractivity contribution in [2.45, 2.75) is 16.2 Å². The molecule has 47 heavy (non-hydrogen) atoms. The number of rotatable bonds is 3. The molecule has 2 unspecified atom stereocenters. The van der Waals surface area contributed by atoms with Gasteiger partial charge in [-0.05, 0) is 53.6 Å². The zero-order valence-corrected chi connectivity index (χ0v) is 27.0. The van der Waals surface area contributed by atoms with Crippen molar-refractivity contribution in [1.82, 2.24) is 4.98 Å². The number of allylic oxidation sites excluding steroid dienone is 2. The van der Waals surface area contributed by atoms with Crippen LogP contribution in [0, 0.1) is 0 Å². The Morgan fingerprint density at radius 2 is 1.36 bits per heavy atom. The molecule has 2 aromatic heterocycles. The van der Waals surface area contributed by atoms with Crippen LogP contribution in [-0.2, 0) is 0 Å². The summed E-state index contributed by atoms with van der Waals surface area (Å²) in [5, 5.41) is 6.69. The second-order valence-corrected chi connectivity index (χ2v) is 14.5. The van der Waals surface area contributed by atoms with Crippen LogP contribution in [0.3, 0.4) is 0 Å². The van der Waals surface area contributed by atoms with Crippen LogP contribution in [0.25, 0.3) is 64.2 Å². The Kier molecular flexibility index (Phi) is 6.15. The van der Waals surface area contributed by atoms with Crippen LogP contribution in [0.2, 0.25) is 0 Å². The number of aromatic nitrogens is 1. The monoisotopic (exact) mass is 636 g/mol. The summed E-state index contributed by atoms with van der Waals surface area (Å²) in [6.45, 7) is 0. The molecule has 10 rings (SSSR count). The van der Waals surface area contributed by atoms with Crippen LogP contribution < -0.4 is 4.90 Å². The summed E-state index contributed by atoms with van der Waals surface area (Å²) in [7, 11) is 0. The van der Waals surface area contributed by atoms with Gasteiger partial charge in [-0.1, -0.05) is 115 Å². The molecule has 0 bridgehead atoms. The van der Waals surface area contributed by atoms with Crippen molar-refractivity contribution in [2.75, 3.05) is 4.90 Å². The molecule has 1 aliphatic carbocycles. The highest BCUT2D eigenvalue weighted by molar-refractivity contribution is 8.00. The Morgan fingerprint density at radius 1 is 0.574 bits per heavy atom. The molecular weight excluding hydrogens is 609 g/mol. The molecule has 222 valence electrons. The molecule has 6 aromatic carbocycles. The summed E-state index contributed by atoms with van der Waals surface area (Å²) in [6, 6.07) is 48.9. The lowest BCUT2D eigenvalue weighted by molar-refractivity contribution is 0.778. The standard InChI is InChI=1S/C43H28N2S2/c1-2-11-27(12-3-1)42-33-23-22-31-34-26-29(21-24-38(34)47-43(31)41(33)32-15-4-5-16-35(32)44-42)28-13-10-14-30(25-28)45-36-17-6-8-19-39(36)46-40-20-9-7-18-37(40)45/h1-26,36,39H. The first-order valence-electron chi connectivity index (χ1n) is 16.0. The van der Waals surface area contributed by atoms with E-state index in [1.807, 2.05) is 23.1 Å². The third-order valence-electron chi connectivity index (χ3n) is 9.55. The molecule has 4 heteroatoms. The minimum absolute atomic E-state index is 0.275. The second kappa shape index (κ2) is 10.7. The number of para-hydroxylation sites is 2. The first kappa shape index (κ1) is 27.0. The number of nitrogens with zero attached hydrogens (tertiary/aromatic N) is 2. The van der Waals surface area contributed by atoms with E-state index >= 15 is 0 Å². The highest BCUT2D eigenvalue weighted by atomic mass is 32.2. The minimum Gasteiger partial charge on any atom is -0.332 e. The molecule has 1 aliphatic heterocycles. The van der Waals surface area contributed by atoms with Gasteiger partial charge in [-0.15, -0.1) is 23.1 Å². The number of anilines is 2. The van der Waals surface area contributed by atoms with Crippen molar-refractivity contribution >= 4 is 76.3 Å². The predicted molar refractivity (Wildman–Crippen MR) is 203 cm³/mol. The Bertz CT molecular complexity index is 2580. The highest BCUT2D eigenvalue weighted by Crippen LogP contribution is 2.48. The van der Waals surface area contributed by atoms with Gasteiger partial charge in [0.15, 0.2) is 0 Å². The first-order chi connectivity index (χ1) is 23.3. The molecule has 2 aliphatic rings. The summed E-state index contributed by atoms with van der Waals surface area (Å²) < 4.78 is 2.63. The molecule has 3 heterocycles. The van der Waals surface area contributed by atoms with E-state index in [1.165, 1.54) is 63.7 Å². The number of pyridine rings is 1. The maximum Gasteiger partial charge on any atom is 0.0788 e. The average Bonchev–Trinajstić information content (AvgIpc) is 3.52. The van der Waals surface area contributed by atoms with E-state index in [9.17, 15) is 0 Å². The number of thiophene rings is 1. The normalized spacial score (nSPS) is 17.1. The molecule has 2 nitrogen and oxygen atoms in total. The lowest BCUT2D eigenvalue weighted by atomic mass is 9.97. The van der Waals surface area contributed by atoms with Crippen LogP contribution in [0.5, 0.6) is 0 Å². The lowest BCUT2D eigenvalue weighted by Gasteiger charge is -2.42. The number of hydrogen-bond acceptors (Lipinski definition) is 4. The van der Waals surface area contributed by atoms with Crippen LogP contribution >= 0.6 is 23.1 Å². The maximum atomic E-state index is 5.17. The maximum absolute atomic E-state index is 5.17. The van der Waals surface area contributed by atoms with Crippen molar-refractivity contribution in [1.29, 1.82) is 0 Å². The smallest absolute Gasteiger partial charge is 0.0788 e. The lowest BCUT2D eigenvalue weighted by Crippen LogP contribution is -2.41. The highest BCUT2D eigenvalue weighted by Gasteiger charge is 2.34. The summed E-state index contributed by atoms with van der Waals surface area (Å²) >= 11 is 3.85. The predicted octanol–water partition coefficient (Wildman–Crippen LogP) is 12.2. The van der Waals surface area contributed by atoms with Gasteiger partial charge in [0.25, 0.3) is 0 Å². The Hall–Kier alpha value is -5.16. The zero-order valence-electron chi connectivity index (χ0n) is 25.4. The zero-order chi connectivity index (χ0) is 30.9. The van der Waals surface area contributed by atoms with Crippen molar-refractivity contribution in [3.8, 4) is 22.4 Å². The number of fused-ring (bicyclic) bond motifs is 9. The second-order valence-electron chi connectivity index (χ2n) is 12.3. The third-order valence-corrected chi connectivity index (χ3v) is 12.1. The van der Waals surface area contributed by atoms with Crippen molar-refractivity contribution in [3.63, 3.8) is 0 Å². The Labute approximate surface area is 281 Å². The van der Waals surface area contributed by atoms with Crippen LogP contribution in [-0.4, -0.2) is 16.3 Å². The van der Waals surface area contributed by atoms with E-state index in [-0.39, 0.29) is 6.04 Å². The van der Waals surface area contributed by atoms with Gasteiger partial charge in [0.05, 0.1) is 28.2 Å². The largest absolute Gasteiger partial charge is 0.332 e. The fourth-order valence-corrected chi connectivity index (χ4v) is 9.89. The van der Waals surface area contributed by atoms with Crippen LogP contribution in [0.4, 0.5) is 11.4 Å². The van der Waals surface area contributed by atoms with E-state index in [4.69, 9.17) is 4.98 Å². The Balaban J connectivity index is 1.14. The molecule has 2 atom stereocenters. The van der Waals surface area contributed by atoms with Gasteiger partial charge < -0.3 is 4.90 Å². The van der Waals surface area contributed by atoms with Gasteiger partial charge in [0.2, 0.25) is 0 Å². The van der Waals surface area contributed by atoms with E-state index in [1.54, 1.807) is 0 Å². The quantitative estimate of drug-likeness (QED) is 0.180. The van der Waals surface area contributed by atoms with Crippen molar-refractivity contribution in [3.05, 3.63) is 158 Å². The molecule has 0 amide bonds. The molecule has 0 fully saturated rings. The number of thioether (sulfide) groups is 1. The van der Waals surface area contributed by atoms with Gasteiger partial charge >= 0.3 is 0 Å². The van der Waals surface area contributed by atoms with Crippen LogP contribution in [0.15, 0.2) is 163 Å². The fourth-order valence-electron chi connectivity index (χ4n) is 7.39. The van der Waals surface area contributed by atoms with Gasteiger partial charge in [-0.3, -0.25) is 0 Å². The summed E-state index contributed by atoms with van der Waals surface area (Å²) in [4.78, 5) is 9.02. The van der Waals surface area contributed by atoms with Crippen LogP contribution in [0.1, 0.15) is 0 Å². The molecule has 8 aromatic rings. The van der Waals surface area contributed by atoms with Crippen molar-refractivity contribution in [2.24, 2.45) is 0 Å². The third kappa shape index (κ3) is 4.29. The molecule has 0 N–H and O–H groups in total. The van der Waals surface area contributed by atoms with Gasteiger partial charge in [0.1, 0.15) is 0 Å². The fraction of sp³-hybridized carbons (Fsp3) is 0.0465. The van der Waals surface area contributed by atoms with E-state index in [2.05, 4.69) is 163 Å². The molecule has 0 saturated carbocycles. The average molecular weight is 637 g/mol. The molecular formula is C43H28N2S2. The van der Waals surface area contributed by atoms with Gasteiger partial charge in [-0.2, -0.15) is 0 Å². The van der Waals surface area contributed by atoms with E-state index in [0.717, 1.165) is 16.8 Å². The summed E-state index contributed by atoms with van der Waals surface area (Å²) in [5.74, 6) is 0. The van der Waals surface area contributed by atoms with E-state index < -0.39 is 0 Å². The van der Waals surface area contributed by atoms with Gasteiger partial charge in [0, 0.05) is 52.5 Å².